The summed E-state index contributed by atoms with van der Waals surface area (Å²) in [6, 6.07) is 7.33. The Morgan fingerprint density at radius 3 is 2.67 bits per heavy atom. The highest BCUT2D eigenvalue weighted by Crippen LogP contribution is 2.19. The van der Waals surface area contributed by atoms with Gasteiger partial charge in [0.25, 0.3) is 0 Å². The van der Waals surface area contributed by atoms with E-state index in [1.54, 1.807) is 7.11 Å². The Bertz CT molecular complexity index is 426. The first-order valence-electron chi connectivity index (χ1n) is 5.29. The maximum Gasteiger partial charge on any atom is 0.183 e. The fourth-order valence-corrected chi connectivity index (χ4v) is 1.49. The third-order valence-corrected chi connectivity index (χ3v) is 2.56. The minimum Gasteiger partial charge on any atom is -0.491 e. The standard InChI is InChI=1S/C12H15N3O2S/c1-16-7-8-17-11-5-3-10(4-6-11)15-12(18-2)14-9-13/h3-6H,7-8H2,1-2H3,(H,14,15). The molecule has 6 heteroatoms. The van der Waals surface area contributed by atoms with Crippen LogP contribution in [-0.2, 0) is 4.74 Å². The highest BCUT2D eigenvalue weighted by molar-refractivity contribution is 8.13. The van der Waals surface area contributed by atoms with Crippen LogP contribution in [0.3, 0.4) is 0 Å². The van der Waals surface area contributed by atoms with Gasteiger partial charge in [0.15, 0.2) is 11.4 Å². The predicted molar refractivity (Wildman–Crippen MR) is 73.2 cm³/mol. The summed E-state index contributed by atoms with van der Waals surface area (Å²) in [6.07, 6.45) is 3.70. The lowest BCUT2D eigenvalue weighted by molar-refractivity contribution is 0.146. The molecule has 0 fully saturated rings. The van der Waals surface area contributed by atoms with Crippen molar-refractivity contribution < 1.29 is 9.47 Å². The molecule has 0 unspecified atom stereocenters. The average molecular weight is 265 g/mol. The summed E-state index contributed by atoms with van der Waals surface area (Å²) in [5.41, 5.74) is 0.765. The topological polar surface area (TPSA) is 66.6 Å². The molecule has 0 amide bonds. The van der Waals surface area contributed by atoms with E-state index < -0.39 is 0 Å². The van der Waals surface area contributed by atoms with E-state index in [9.17, 15) is 0 Å². The van der Waals surface area contributed by atoms with Crippen molar-refractivity contribution in [1.82, 2.24) is 5.32 Å². The van der Waals surface area contributed by atoms with Gasteiger partial charge in [0.05, 0.1) is 12.3 Å². The number of thioether (sulfide) groups is 1. The molecule has 1 aromatic rings. The van der Waals surface area contributed by atoms with Crippen molar-refractivity contribution in [2.75, 3.05) is 26.6 Å². The maximum atomic E-state index is 8.52. The van der Waals surface area contributed by atoms with Gasteiger partial charge >= 0.3 is 0 Å². The van der Waals surface area contributed by atoms with E-state index in [-0.39, 0.29) is 0 Å². The molecule has 0 saturated heterocycles. The molecule has 1 rings (SSSR count). The Morgan fingerprint density at radius 2 is 2.11 bits per heavy atom. The van der Waals surface area contributed by atoms with Crippen molar-refractivity contribution in [3.63, 3.8) is 0 Å². The molecular weight excluding hydrogens is 250 g/mol. The van der Waals surface area contributed by atoms with Gasteiger partial charge in [-0.25, -0.2) is 4.99 Å². The molecule has 0 bridgehead atoms. The van der Waals surface area contributed by atoms with Crippen LogP contribution in [0.2, 0.25) is 0 Å². The normalized spacial score (nSPS) is 10.8. The smallest absolute Gasteiger partial charge is 0.183 e. The Hall–Kier alpha value is -1.71. The van der Waals surface area contributed by atoms with Gasteiger partial charge in [-0.3, -0.25) is 5.32 Å². The van der Waals surface area contributed by atoms with Crippen molar-refractivity contribution >= 4 is 22.6 Å². The van der Waals surface area contributed by atoms with Crippen LogP contribution in [0.25, 0.3) is 0 Å². The first-order valence-corrected chi connectivity index (χ1v) is 6.52. The van der Waals surface area contributed by atoms with Gasteiger partial charge < -0.3 is 9.47 Å². The molecule has 0 aliphatic rings. The second-order valence-corrected chi connectivity index (χ2v) is 3.99. The van der Waals surface area contributed by atoms with Crippen LogP contribution in [0.5, 0.6) is 5.75 Å². The lowest BCUT2D eigenvalue weighted by Gasteiger charge is -2.05. The molecule has 0 aliphatic carbocycles. The molecule has 0 radical (unpaired) electrons. The number of methoxy groups -OCH3 is 1. The molecule has 0 aromatic heterocycles. The number of hydrogen-bond donors (Lipinski definition) is 1. The molecular formula is C12H15N3O2S. The number of hydrogen-bond acceptors (Lipinski definition) is 5. The molecule has 0 spiro atoms. The van der Waals surface area contributed by atoms with Crippen molar-refractivity contribution in [3.8, 4) is 11.9 Å². The van der Waals surface area contributed by atoms with E-state index in [2.05, 4.69) is 10.3 Å². The molecule has 18 heavy (non-hydrogen) atoms. The van der Waals surface area contributed by atoms with Crippen LogP contribution in [0, 0.1) is 11.5 Å². The molecule has 0 heterocycles. The fraction of sp³-hybridized carbons (Fsp3) is 0.333. The van der Waals surface area contributed by atoms with Crippen LogP contribution < -0.4 is 10.1 Å². The van der Waals surface area contributed by atoms with Crippen LogP contribution in [-0.4, -0.2) is 31.7 Å². The minimum atomic E-state index is 0.519. The number of nitriles is 1. The van der Waals surface area contributed by atoms with Crippen molar-refractivity contribution in [2.24, 2.45) is 4.99 Å². The second kappa shape index (κ2) is 8.39. The van der Waals surface area contributed by atoms with Gasteiger partial charge in [0, 0.05) is 7.11 Å². The summed E-state index contributed by atoms with van der Waals surface area (Å²) in [4.78, 5) is 4.27. The summed E-state index contributed by atoms with van der Waals surface area (Å²) in [7, 11) is 1.63. The van der Waals surface area contributed by atoms with Gasteiger partial charge in [-0.1, -0.05) is 11.8 Å². The molecule has 0 saturated carbocycles. The Labute approximate surface area is 111 Å². The first kappa shape index (κ1) is 14.4. The number of nitrogens with zero attached hydrogens (tertiary/aromatic N) is 2. The molecule has 96 valence electrons. The Kier molecular flexibility index (Phi) is 6.69. The fourth-order valence-electron chi connectivity index (χ4n) is 1.15. The van der Waals surface area contributed by atoms with E-state index in [1.165, 1.54) is 11.8 Å². The van der Waals surface area contributed by atoms with Crippen LogP contribution in [0.4, 0.5) is 5.69 Å². The van der Waals surface area contributed by atoms with Crippen LogP contribution >= 0.6 is 11.8 Å². The molecule has 1 N–H and O–H groups in total. The quantitative estimate of drug-likeness (QED) is 0.290. The largest absolute Gasteiger partial charge is 0.491 e. The summed E-state index contributed by atoms with van der Waals surface area (Å²) in [5, 5.41) is 11.6. The average Bonchev–Trinajstić information content (AvgIpc) is 2.40. The lowest BCUT2D eigenvalue weighted by Crippen LogP contribution is -2.12. The Morgan fingerprint density at radius 1 is 1.39 bits per heavy atom. The van der Waals surface area contributed by atoms with Gasteiger partial charge in [-0.2, -0.15) is 5.26 Å². The molecule has 0 aliphatic heterocycles. The van der Waals surface area contributed by atoms with Crippen LogP contribution in [0.1, 0.15) is 0 Å². The lowest BCUT2D eigenvalue weighted by atomic mass is 10.3. The Balaban J connectivity index is 2.62. The highest BCUT2D eigenvalue weighted by atomic mass is 32.2. The molecule has 5 nitrogen and oxygen atoms in total. The second-order valence-electron chi connectivity index (χ2n) is 3.19. The van der Waals surface area contributed by atoms with Crippen molar-refractivity contribution in [2.45, 2.75) is 0 Å². The van der Waals surface area contributed by atoms with Gasteiger partial charge in [0.2, 0.25) is 0 Å². The number of ether oxygens (including phenoxy) is 2. The van der Waals surface area contributed by atoms with Gasteiger partial charge in [-0.05, 0) is 30.5 Å². The predicted octanol–water partition coefficient (Wildman–Crippen LogP) is 2.13. The van der Waals surface area contributed by atoms with Gasteiger partial charge in [-0.15, -0.1) is 0 Å². The van der Waals surface area contributed by atoms with Crippen LogP contribution in [0.15, 0.2) is 29.3 Å². The molecule has 1 aromatic carbocycles. The van der Waals surface area contributed by atoms with Crippen molar-refractivity contribution in [1.29, 1.82) is 5.26 Å². The SMILES string of the molecule is COCCOc1ccc(N=C(NC#N)SC)cc1. The highest BCUT2D eigenvalue weighted by Gasteiger charge is 1.97. The first-order chi connectivity index (χ1) is 8.80. The van der Waals surface area contributed by atoms with E-state index in [0.717, 1.165) is 11.4 Å². The van der Waals surface area contributed by atoms with E-state index in [1.807, 2.05) is 36.7 Å². The summed E-state index contributed by atoms with van der Waals surface area (Å²) in [5.74, 6) is 0.768. The van der Waals surface area contributed by atoms with E-state index in [0.29, 0.717) is 18.4 Å². The monoisotopic (exact) mass is 265 g/mol. The zero-order valence-electron chi connectivity index (χ0n) is 10.3. The maximum absolute atomic E-state index is 8.52. The zero-order chi connectivity index (χ0) is 13.2. The molecule has 0 atom stereocenters. The summed E-state index contributed by atoms with van der Waals surface area (Å²) in [6.45, 7) is 1.08. The number of rotatable bonds is 5. The third kappa shape index (κ3) is 5.08. The summed E-state index contributed by atoms with van der Waals surface area (Å²) < 4.78 is 10.3. The zero-order valence-corrected chi connectivity index (χ0v) is 11.2. The van der Waals surface area contributed by atoms with E-state index in [4.69, 9.17) is 14.7 Å². The number of amidine groups is 1. The third-order valence-electron chi connectivity index (χ3n) is 1.98. The van der Waals surface area contributed by atoms with Crippen molar-refractivity contribution in [3.05, 3.63) is 24.3 Å². The van der Waals surface area contributed by atoms with E-state index >= 15 is 0 Å². The number of aliphatic imine (C=N–C) groups is 1. The van der Waals surface area contributed by atoms with Gasteiger partial charge in [0.1, 0.15) is 12.4 Å². The summed E-state index contributed by atoms with van der Waals surface area (Å²) >= 11 is 1.38. The minimum absolute atomic E-state index is 0.519. The number of benzene rings is 1. The number of nitrogens with one attached hydrogen (secondary N) is 1.